The number of allylic oxidation sites excluding steroid dienone is 1. The molecule has 112 valence electrons. The SMILES string of the molecule is CCOC(CN/C(C)=C/C(=O)OC(C)(C)C)OCC. The summed E-state index contributed by atoms with van der Waals surface area (Å²) in [6, 6.07) is 0. The lowest BCUT2D eigenvalue weighted by Gasteiger charge is -2.20. The van der Waals surface area contributed by atoms with Gasteiger partial charge in [0.2, 0.25) is 0 Å². The summed E-state index contributed by atoms with van der Waals surface area (Å²) in [5, 5.41) is 3.08. The van der Waals surface area contributed by atoms with Crippen LogP contribution in [0.15, 0.2) is 11.8 Å². The van der Waals surface area contributed by atoms with Crippen molar-refractivity contribution in [1.29, 1.82) is 0 Å². The maximum Gasteiger partial charge on any atom is 0.333 e. The van der Waals surface area contributed by atoms with E-state index in [0.717, 1.165) is 5.70 Å². The third-order valence-electron chi connectivity index (χ3n) is 1.99. The summed E-state index contributed by atoms with van der Waals surface area (Å²) in [6.07, 6.45) is 1.12. The van der Waals surface area contributed by atoms with E-state index in [1.54, 1.807) is 6.92 Å². The number of carbonyl (C=O) groups is 1. The van der Waals surface area contributed by atoms with Crippen LogP contribution in [0.25, 0.3) is 0 Å². The Morgan fingerprint density at radius 3 is 2.16 bits per heavy atom. The minimum atomic E-state index is -0.479. The second kappa shape index (κ2) is 8.93. The maximum atomic E-state index is 11.6. The van der Waals surface area contributed by atoms with Crippen molar-refractivity contribution in [2.45, 2.75) is 53.4 Å². The van der Waals surface area contributed by atoms with Crippen LogP contribution in [-0.2, 0) is 19.0 Å². The lowest BCUT2D eigenvalue weighted by Crippen LogP contribution is -2.31. The van der Waals surface area contributed by atoms with E-state index in [2.05, 4.69) is 5.32 Å². The van der Waals surface area contributed by atoms with Crippen molar-refractivity contribution in [3.63, 3.8) is 0 Å². The highest BCUT2D eigenvalue weighted by Crippen LogP contribution is 2.07. The number of hydrogen-bond acceptors (Lipinski definition) is 5. The third kappa shape index (κ3) is 10.5. The first-order chi connectivity index (χ1) is 8.78. The van der Waals surface area contributed by atoms with Gasteiger partial charge in [0, 0.05) is 25.0 Å². The largest absolute Gasteiger partial charge is 0.457 e. The highest BCUT2D eigenvalue weighted by Gasteiger charge is 2.14. The van der Waals surface area contributed by atoms with Crippen LogP contribution in [0.3, 0.4) is 0 Å². The van der Waals surface area contributed by atoms with Crippen LogP contribution in [0.1, 0.15) is 41.5 Å². The lowest BCUT2D eigenvalue weighted by atomic mass is 10.2. The Kier molecular flexibility index (Phi) is 8.43. The predicted octanol–water partition coefficient (Wildman–Crippen LogP) is 2.22. The molecule has 0 fully saturated rings. The fourth-order valence-electron chi connectivity index (χ4n) is 1.34. The zero-order valence-corrected chi connectivity index (χ0v) is 12.9. The molecule has 0 saturated carbocycles. The Labute approximate surface area is 116 Å². The Morgan fingerprint density at radius 2 is 1.74 bits per heavy atom. The van der Waals surface area contributed by atoms with Crippen molar-refractivity contribution in [2.75, 3.05) is 19.8 Å². The normalized spacial score (nSPS) is 12.7. The molecule has 0 radical (unpaired) electrons. The molecule has 0 aromatic carbocycles. The van der Waals surface area contributed by atoms with E-state index in [-0.39, 0.29) is 12.3 Å². The van der Waals surface area contributed by atoms with Crippen molar-refractivity contribution < 1.29 is 19.0 Å². The highest BCUT2D eigenvalue weighted by molar-refractivity contribution is 5.82. The minimum absolute atomic E-state index is 0.308. The molecule has 0 aliphatic heterocycles. The van der Waals surface area contributed by atoms with E-state index in [1.165, 1.54) is 6.08 Å². The second-order valence-corrected chi connectivity index (χ2v) is 5.08. The van der Waals surface area contributed by atoms with Gasteiger partial charge in [0.15, 0.2) is 6.29 Å². The molecule has 0 heterocycles. The average Bonchev–Trinajstić information content (AvgIpc) is 2.23. The van der Waals surface area contributed by atoms with Crippen LogP contribution in [0.4, 0.5) is 0 Å². The molecule has 0 rings (SSSR count). The van der Waals surface area contributed by atoms with Crippen LogP contribution in [-0.4, -0.2) is 37.6 Å². The average molecular weight is 273 g/mol. The molecule has 0 aliphatic carbocycles. The van der Waals surface area contributed by atoms with Gasteiger partial charge >= 0.3 is 5.97 Å². The highest BCUT2D eigenvalue weighted by atomic mass is 16.7. The van der Waals surface area contributed by atoms with E-state index >= 15 is 0 Å². The number of ether oxygens (including phenoxy) is 3. The number of hydrogen-bond donors (Lipinski definition) is 1. The van der Waals surface area contributed by atoms with Crippen molar-refractivity contribution in [2.24, 2.45) is 0 Å². The van der Waals surface area contributed by atoms with Gasteiger partial charge in [0.25, 0.3) is 0 Å². The molecule has 0 bridgehead atoms. The molecular weight excluding hydrogens is 246 g/mol. The minimum Gasteiger partial charge on any atom is -0.457 e. The molecule has 5 heteroatoms. The van der Waals surface area contributed by atoms with Crippen molar-refractivity contribution in [1.82, 2.24) is 5.32 Å². The molecule has 0 atom stereocenters. The lowest BCUT2D eigenvalue weighted by molar-refractivity contribution is -0.148. The second-order valence-electron chi connectivity index (χ2n) is 5.08. The van der Waals surface area contributed by atoms with Crippen molar-refractivity contribution in [3.8, 4) is 0 Å². The molecule has 19 heavy (non-hydrogen) atoms. The Bertz CT molecular complexity index is 288. The zero-order chi connectivity index (χ0) is 14.9. The molecule has 0 aromatic rings. The molecule has 0 unspecified atom stereocenters. The number of esters is 1. The van der Waals surface area contributed by atoms with Crippen molar-refractivity contribution in [3.05, 3.63) is 11.8 Å². The van der Waals surface area contributed by atoms with E-state index in [4.69, 9.17) is 14.2 Å². The molecule has 0 amide bonds. The predicted molar refractivity (Wildman–Crippen MR) is 74.6 cm³/mol. The van der Waals surface area contributed by atoms with Gasteiger partial charge in [0.05, 0.1) is 6.54 Å². The summed E-state index contributed by atoms with van der Waals surface area (Å²) in [6.45, 7) is 12.8. The molecular formula is C14H27NO4. The topological polar surface area (TPSA) is 56.8 Å². The molecule has 5 nitrogen and oxygen atoms in total. The molecule has 1 N–H and O–H groups in total. The van der Waals surface area contributed by atoms with Crippen LogP contribution < -0.4 is 5.32 Å². The molecule has 0 aromatic heterocycles. The van der Waals surface area contributed by atoms with Gasteiger partial charge < -0.3 is 19.5 Å². The number of rotatable bonds is 8. The van der Waals surface area contributed by atoms with Crippen molar-refractivity contribution >= 4 is 5.97 Å². The standard InChI is InChI=1S/C14H27NO4/c1-7-17-13(18-8-2)10-15-11(3)9-12(16)19-14(4,5)6/h9,13,15H,7-8,10H2,1-6H3/b11-9+. The van der Waals surface area contributed by atoms with Gasteiger partial charge in [-0.2, -0.15) is 0 Å². The van der Waals surface area contributed by atoms with Gasteiger partial charge in [0.1, 0.15) is 5.60 Å². The first-order valence-electron chi connectivity index (χ1n) is 6.66. The van der Waals surface area contributed by atoms with Crippen LogP contribution >= 0.6 is 0 Å². The fourth-order valence-corrected chi connectivity index (χ4v) is 1.34. The first-order valence-corrected chi connectivity index (χ1v) is 6.66. The van der Waals surface area contributed by atoms with Crippen LogP contribution in [0.5, 0.6) is 0 Å². The summed E-state index contributed by atoms with van der Waals surface area (Å²) in [5.41, 5.74) is 0.242. The Morgan fingerprint density at radius 1 is 1.21 bits per heavy atom. The molecule has 0 aliphatic rings. The van der Waals surface area contributed by atoms with Crippen LogP contribution in [0, 0.1) is 0 Å². The quantitative estimate of drug-likeness (QED) is 0.417. The van der Waals surface area contributed by atoms with Gasteiger partial charge in [-0.05, 0) is 41.5 Å². The third-order valence-corrected chi connectivity index (χ3v) is 1.99. The van der Waals surface area contributed by atoms with E-state index in [1.807, 2.05) is 34.6 Å². The van der Waals surface area contributed by atoms with E-state index < -0.39 is 5.60 Å². The van der Waals surface area contributed by atoms with Gasteiger partial charge in [-0.1, -0.05) is 0 Å². The summed E-state index contributed by atoms with van der Waals surface area (Å²) in [7, 11) is 0. The zero-order valence-electron chi connectivity index (χ0n) is 12.9. The smallest absolute Gasteiger partial charge is 0.333 e. The van der Waals surface area contributed by atoms with E-state index in [9.17, 15) is 4.79 Å². The van der Waals surface area contributed by atoms with Gasteiger partial charge in [-0.3, -0.25) is 0 Å². The molecule has 0 spiro atoms. The van der Waals surface area contributed by atoms with Gasteiger partial charge in [-0.25, -0.2) is 4.79 Å². The Balaban J connectivity index is 4.20. The first kappa shape index (κ1) is 17.9. The summed E-state index contributed by atoms with van der Waals surface area (Å²) < 4.78 is 16.0. The Hall–Kier alpha value is -1.07. The monoisotopic (exact) mass is 273 g/mol. The van der Waals surface area contributed by atoms with Crippen LogP contribution in [0.2, 0.25) is 0 Å². The molecule has 0 saturated heterocycles. The number of carbonyl (C=O) groups excluding carboxylic acids is 1. The maximum absolute atomic E-state index is 11.6. The number of nitrogens with one attached hydrogen (secondary N) is 1. The summed E-state index contributed by atoms with van der Waals surface area (Å²) >= 11 is 0. The fraction of sp³-hybridized carbons (Fsp3) is 0.786. The van der Waals surface area contributed by atoms with E-state index in [0.29, 0.717) is 19.8 Å². The summed E-state index contributed by atoms with van der Waals surface area (Å²) in [5.74, 6) is -0.359. The van der Waals surface area contributed by atoms with Gasteiger partial charge in [-0.15, -0.1) is 0 Å². The summed E-state index contributed by atoms with van der Waals surface area (Å²) in [4.78, 5) is 11.6.